The van der Waals surface area contributed by atoms with Gasteiger partial charge in [-0.05, 0) is 6.42 Å². The van der Waals surface area contributed by atoms with Crippen molar-refractivity contribution in [2.45, 2.75) is 96.8 Å². The first-order valence-electron chi connectivity index (χ1n) is 8.40. The molecule has 0 spiro atoms. The number of carbonyl (C=O) groups is 1. The molecular formula is C16H35AlO4Si. The molecular weight excluding hydrogens is 311 g/mol. The predicted molar refractivity (Wildman–Crippen MR) is 95.0 cm³/mol. The molecule has 0 saturated heterocycles. The van der Waals surface area contributed by atoms with Crippen LogP contribution in [-0.4, -0.2) is 37.7 Å². The highest BCUT2D eigenvalue weighted by Gasteiger charge is 1.96. The van der Waals surface area contributed by atoms with Crippen molar-refractivity contribution in [2.75, 3.05) is 0 Å². The summed E-state index contributed by atoms with van der Waals surface area (Å²) in [5.41, 5.74) is 0. The van der Waals surface area contributed by atoms with Crippen molar-refractivity contribution in [3.05, 3.63) is 0 Å². The van der Waals surface area contributed by atoms with Gasteiger partial charge in [0.15, 0.2) is 17.4 Å². The number of carboxylic acids is 1. The SMILES string of the molecule is CCCCCCCCCCCCCCCC(=O)O.O=[Si]=O.[AlH3]. The summed E-state index contributed by atoms with van der Waals surface area (Å²) in [5, 5.41) is 8.49. The van der Waals surface area contributed by atoms with Gasteiger partial charge >= 0.3 is 15.3 Å². The molecule has 0 heterocycles. The quantitative estimate of drug-likeness (QED) is 0.384. The maximum Gasteiger partial charge on any atom is 0.549 e. The molecule has 0 rings (SSSR count). The number of aliphatic carboxylic acids is 1. The van der Waals surface area contributed by atoms with Gasteiger partial charge in [0.25, 0.3) is 0 Å². The Hall–Kier alpha value is -0.181. The predicted octanol–water partition coefficient (Wildman–Crippen LogP) is 3.75. The van der Waals surface area contributed by atoms with E-state index in [0.29, 0.717) is 6.42 Å². The third-order valence-corrected chi connectivity index (χ3v) is 3.49. The lowest BCUT2D eigenvalue weighted by Crippen LogP contribution is -1.93. The lowest BCUT2D eigenvalue weighted by atomic mass is 10.0. The van der Waals surface area contributed by atoms with Gasteiger partial charge in [-0.25, -0.2) is 0 Å². The topological polar surface area (TPSA) is 71.4 Å². The van der Waals surface area contributed by atoms with Crippen molar-refractivity contribution in [2.24, 2.45) is 0 Å². The van der Waals surface area contributed by atoms with Gasteiger partial charge in [-0.1, -0.05) is 84.0 Å². The van der Waals surface area contributed by atoms with Crippen LogP contribution in [0.5, 0.6) is 0 Å². The minimum atomic E-state index is -1.42. The van der Waals surface area contributed by atoms with Crippen LogP contribution in [0, 0.1) is 0 Å². The molecule has 0 aromatic rings. The van der Waals surface area contributed by atoms with E-state index in [0.717, 1.165) is 12.8 Å². The summed E-state index contributed by atoms with van der Waals surface area (Å²) in [6.07, 6.45) is 17.3. The molecule has 0 aliphatic heterocycles. The Morgan fingerprint density at radius 2 is 1.00 bits per heavy atom. The zero-order valence-corrected chi connectivity index (χ0v) is 14.6. The maximum absolute atomic E-state index is 10.3. The Bertz CT molecular complexity index is 257. The summed E-state index contributed by atoms with van der Waals surface area (Å²) >= 11 is 0. The van der Waals surface area contributed by atoms with Crippen LogP contribution in [-0.2, 0) is 13.7 Å². The fourth-order valence-corrected chi connectivity index (χ4v) is 2.29. The molecule has 0 radical (unpaired) electrons. The van der Waals surface area contributed by atoms with Crippen molar-refractivity contribution in [3.63, 3.8) is 0 Å². The monoisotopic (exact) mass is 346 g/mol. The number of unbranched alkanes of at least 4 members (excludes halogenated alkanes) is 12. The fourth-order valence-electron chi connectivity index (χ4n) is 2.29. The molecule has 1 N–H and O–H groups in total. The number of rotatable bonds is 14. The number of carboxylic acid groups (broad SMARTS) is 1. The van der Waals surface area contributed by atoms with Crippen LogP contribution >= 0.6 is 0 Å². The lowest BCUT2D eigenvalue weighted by Gasteiger charge is -2.02. The summed E-state index contributed by atoms with van der Waals surface area (Å²) in [6.45, 7) is 2.26. The standard InChI is InChI=1S/C16H32O2.Al.O2Si.3H/c1-2-3-4-5-6-7-8-9-10-11-12-13-14-15-16(17)18;;1-3-2;;;/h2-15H2,1H3,(H,17,18);;;;;. The van der Waals surface area contributed by atoms with Crippen LogP contribution in [0.2, 0.25) is 0 Å². The van der Waals surface area contributed by atoms with Crippen molar-refractivity contribution in [1.82, 2.24) is 0 Å². The van der Waals surface area contributed by atoms with E-state index in [-0.39, 0.29) is 17.4 Å². The van der Waals surface area contributed by atoms with Gasteiger partial charge in [0, 0.05) is 6.42 Å². The van der Waals surface area contributed by atoms with Gasteiger partial charge < -0.3 is 5.11 Å². The zero-order chi connectivity index (χ0) is 16.2. The smallest absolute Gasteiger partial charge is 0.481 e. The van der Waals surface area contributed by atoms with Crippen LogP contribution in [0.25, 0.3) is 0 Å². The molecule has 0 aromatic heterocycles. The van der Waals surface area contributed by atoms with Gasteiger partial charge in [-0.2, -0.15) is 0 Å². The minimum Gasteiger partial charge on any atom is -0.481 e. The molecule has 0 fully saturated rings. The van der Waals surface area contributed by atoms with Gasteiger partial charge in [0.2, 0.25) is 0 Å². The van der Waals surface area contributed by atoms with Crippen molar-refractivity contribution in [3.8, 4) is 0 Å². The number of hydrogen-bond acceptors (Lipinski definition) is 3. The highest BCUT2D eigenvalue weighted by molar-refractivity contribution is 5.94. The Balaban J connectivity index is -0.000000827. The lowest BCUT2D eigenvalue weighted by molar-refractivity contribution is -0.137. The van der Waals surface area contributed by atoms with E-state index in [2.05, 4.69) is 6.92 Å². The van der Waals surface area contributed by atoms with Gasteiger partial charge in [-0.3, -0.25) is 13.7 Å². The van der Waals surface area contributed by atoms with Crippen molar-refractivity contribution >= 4 is 32.6 Å². The van der Waals surface area contributed by atoms with E-state index >= 15 is 0 Å². The van der Waals surface area contributed by atoms with E-state index < -0.39 is 15.3 Å². The minimum absolute atomic E-state index is 0. The molecule has 130 valence electrons. The van der Waals surface area contributed by atoms with Gasteiger partial charge in [0.1, 0.15) is 0 Å². The summed E-state index contributed by atoms with van der Waals surface area (Å²) in [4.78, 5) is 10.3. The van der Waals surface area contributed by atoms with Crippen LogP contribution in [0.4, 0.5) is 0 Å². The molecule has 4 nitrogen and oxygen atoms in total. The van der Waals surface area contributed by atoms with Crippen LogP contribution < -0.4 is 0 Å². The largest absolute Gasteiger partial charge is 0.549 e. The average molecular weight is 347 g/mol. The molecule has 0 saturated carbocycles. The first-order chi connectivity index (χ1) is 10.2. The molecule has 0 amide bonds. The van der Waals surface area contributed by atoms with Crippen LogP contribution in [0.15, 0.2) is 0 Å². The highest BCUT2D eigenvalue weighted by Crippen LogP contribution is 2.12. The fraction of sp³-hybridized carbons (Fsp3) is 0.938. The van der Waals surface area contributed by atoms with E-state index in [1.807, 2.05) is 0 Å². The normalized spacial score (nSPS) is 9.14. The van der Waals surface area contributed by atoms with Crippen molar-refractivity contribution in [1.29, 1.82) is 0 Å². The molecule has 0 atom stereocenters. The Morgan fingerprint density at radius 1 is 0.727 bits per heavy atom. The molecule has 0 bridgehead atoms. The summed E-state index contributed by atoms with van der Waals surface area (Å²) in [7, 11) is -1.42. The Morgan fingerprint density at radius 3 is 1.27 bits per heavy atom. The molecule has 0 unspecified atom stereocenters. The van der Waals surface area contributed by atoms with Gasteiger partial charge in [-0.15, -0.1) is 0 Å². The van der Waals surface area contributed by atoms with Crippen LogP contribution in [0.3, 0.4) is 0 Å². The first-order valence-corrected chi connectivity index (χ1v) is 9.21. The Labute approximate surface area is 148 Å². The van der Waals surface area contributed by atoms with E-state index in [1.54, 1.807) is 0 Å². The molecule has 0 aromatic carbocycles. The second kappa shape index (κ2) is 25.8. The summed E-state index contributed by atoms with van der Waals surface area (Å²) in [6, 6.07) is 0. The van der Waals surface area contributed by atoms with E-state index in [9.17, 15) is 4.79 Å². The maximum atomic E-state index is 10.3. The Kier molecular flexibility index (Phi) is 31.3. The summed E-state index contributed by atoms with van der Waals surface area (Å²) < 4.78 is 16.8. The van der Waals surface area contributed by atoms with E-state index in [1.165, 1.54) is 70.6 Å². The first kappa shape index (κ1) is 26.7. The zero-order valence-electron chi connectivity index (χ0n) is 13.6. The molecule has 0 aliphatic rings. The van der Waals surface area contributed by atoms with E-state index in [4.69, 9.17) is 14.0 Å². The molecule has 22 heavy (non-hydrogen) atoms. The molecule has 0 aliphatic carbocycles. The van der Waals surface area contributed by atoms with Crippen LogP contribution in [0.1, 0.15) is 96.8 Å². The third-order valence-electron chi connectivity index (χ3n) is 3.49. The second-order valence-electron chi connectivity index (χ2n) is 5.47. The second-order valence-corrected chi connectivity index (χ2v) is 5.64. The van der Waals surface area contributed by atoms with Crippen molar-refractivity contribution < 1.29 is 18.8 Å². The summed E-state index contributed by atoms with van der Waals surface area (Å²) in [5.74, 6) is -0.655. The average Bonchev–Trinajstić information content (AvgIpc) is 2.44. The third kappa shape index (κ3) is 32.0. The molecule has 6 heteroatoms. The van der Waals surface area contributed by atoms with Gasteiger partial charge in [0.05, 0.1) is 0 Å². The number of hydrogen-bond donors (Lipinski definition) is 1. The highest BCUT2D eigenvalue weighted by atomic mass is 28.2.